The Bertz CT molecular complexity index is 566. The van der Waals surface area contributed by atoms with E-state index in [1.165, 1.54) is 103 Å². The van der Waals surface area contributed by atoms with E-state index in [4.69, 9.17) is 9.84 Å². The number of rotatable bonds is 29. The topological polar surface area (TPSA) is 92.7 Å². The summed E-state index contributed by atoms with van der Waals surface area (Å²) in [6, 6.07) is -0.876. The number of carboxylic acids is 1. The van der Waals surface area contributed by atoms with E-state index >= 15 is 0 Å². The monoisotopic (exact) mass is 539 g/mol. The highest BCUT2D eigenvalue weighted by atomic mass is 16.5. The SMILES string of the molecule is CCCCCCCCCCCCCCOC(=O)[C@H](CCC(=O)O)NC(=O)CCCCCCCCCCCC. The molecular formula is C32H61NO5. The fourth-order valence-corrected chi connectivity index (χ4v) is 4.77. The fraction of sp³-hybridized carbons (Fsp3) is 0.906. The van der Waals surface area contributed by atoms with E-state index in [2.05, 4.69) is 19.2 Å². The molecule has 6 nitrogen and oxygen atoms in total. The number of aliphatic carboxylic acids is 1. The lowest BCUT2D eigenvalue weighted by Crippen LogP contribution is -2.42. The van der Waals surface area contributed by atoms with Crippen molar-refractivity contribution in [3.63, 3.8) is 0 Å². The summed E-state index contributed by atoms with van der Waals surface area (Å²) in [6.45, 7) is 4.80. The molecule has 0 unspecified atom stereocenters. The van der Waals surface area contributed by atoms with Crippen LogP contribution in [0.15, 0.2) is 0 Å². The van der Waals surface area contributed by atoms with Crippen LogP contribution in [0.2, 0.25) is 0 Å². The van der Waals surface area contributed by atoms with E-state index in [0.717, 1.165) is 38.5 Å². The van der Waals surface area contributed by atoms with Crippen LogP contribution in [0, 0.1) is 0 Å². The fourth-order valence-electron chi connectivity index (χ4n) is 4.77. The second-order valence-electron chi connectivity index (χ2n) is 11.0. The third kappa shape index (κ3) is 26.0. The maximum atomic E-state index is 12.5. The van der Waals surface area contributed by atoms with Gasteiger partial charge in [0.05, 0.1) is 6.61 Å². The van der Waals surface area contributed by atoms with E-state index in [1.807, 2.05) is 0 Å². The van der Waals surface area contributed by atoms with E-state index in [9.17, 15) is 14.4 Å². The van der Waals surface area contributed by atoms with Crippen molar-refractivity contribution >= 4 is 17.8 Å². The van der Waals surface area contributed by atoms with Gasteiger partial charge in [0.2, 0.25) is 5.91 Å². The molecule has 6 heteroatoms. The van der Waals surface area contributed by atoms with Crippen LogP contribution >= 0.6 is 0 Å². The first-order valence-electron chi connectivity index (χ1n) is 16.2. The quantitative estimate of drug-likeness (QED) is 0.0731. The molecule has 0 bridgehead atoms. The first-order valence-corrected chi connectivity index (χ1v) is 16.2. The van der Waals surface area contributed by atoms with Crippen LogP contribution in [0.5, 0.6) is 0 Å². The average molecular weight is 540 g/mol. The third-order valence-electron chi connectivity index (χ3n) is 7.27. The normalized spacial score (nSPS) is 11.8. The number of nitrogens with one attached hydrogen (secondary N) is 1. The van der Waals surface area contributed by atoms with Crippen LogP contribution in [0.1, 0.15) is 174 Å². The van der Waals surface area contributed by atoms with Crippen molar-refractivity contribution in [2.45, 2.75) is 180 Å². The maximum absolute atomic E-state index is 12.5. The van der Waals surface area contributed by atoms with Gasteiger partial charge in [-0.05, 0) is 19.3 Å². The lowest BCUT2D eigenvalue weighted by molar-refractivity contribution is -0.148. The summed E-state index contributed by atoms with van der Waals surface area (Å²) < 4.78 is 5.39. The first kappa shape index (κ1) is 36.4. The summed E-state index contributed by atoms with van der Waals surface area (Å²) in [4.78, 5) is 35.9. The summed E-state index contributed by atoms with van der Waals surface area (Å²) in [7, 11) is 0. The van der Waals surface area contributed by atoms with Crippen molar-refractivity contribution in [3.8, 4) is 0 Å². The molecule has 1 atom stereocenters. The zero-order valence-corrected chi connectivity index (χ0v) is 25.0. The van der Waals surface area contributed by atoms with Crippen LogP contribution in [-0.4, -0.2) is 35.6 Å². The molecule has 0 aliphatic carbocycles. The molecular weight excluding hydrogens is 478 g/mol. The van der Waals surface area contributed by atoms with Crippen molar-refractivity contribution in [2.75, 3.05) is 6.61 Å². The largest absolute Gasteiger partial charge is 0.481 e. The highest BCUT2D eigenvalue weighted by Crippen LogP contribution is 2.13. The van der Waals surface area contributed by atoms with Crippen molar-refractivity contribution in [2.24, 2.45) is 0 Å². The van der Waals surface area contributed by atoms with Crippen LogP contribution in [0.25, 0.3) is 0 Å². The van der Waals surface area contributed by atoms with Gasteiger partial charge in [0.15, 0.2) is 0 Å². The zero-order chi connectivity index (χ0) is 28.1. The van der Waals surface area contributed by atoms with Gasteiger partial charge < -0.3 is 15.2 Å². The van der Waals surface area contributed by atoms with Gasteiger partial charge in [0.1, 0.15) is 6.04 Å². The number of esters is 1. The van der Waals surface area contributed by atoms with Gasteiger partial charge in [-0.25, -0.2) is 4.79 Å². The van der Waals surface area contributed by atoms with Crippen LogP contribution < -0.4 is 5.32 Å². The molecule has 0 aromatic heterocycles. The number of carboxylic acid groups (broad SMARTS) is 1. The number of amides is 1. The molecule has 0 aromatic rings. The Labute approximate surface area is 234 Å². The predicted octanol–water partition coefficient (Wildman–Crippen LogP) is 8.89. The second-order valence-corrected chi connectivity index (χ2v) is 11.0. The van der Waals surface area contributed by atoms with Crippen molar-refractivity contribution in [3.05, 3.63) is 0 Å². The lowest BCUT2D eigenvalue weighted by Gasteiger charge is -2.17. The molecule has 224 valence electrons. The summed E-state index contributed by atoms with van der Waals surface area (Å²) >= 11 is 0. The highest BCUT2D eigenvalue weighted by Gasteiger charge is 2.23. The molecule has 0 heterocycles. The molecule has 0 spiro atoms. The number of unbranched alkanes of at least 4 members (excludes halogenated alkanes) is 20. The van der Waals surface area contributed by atoms with Gasteiger partial charge in [-0.3, -0.25) is 9.59 Å². The minimum Gasteiger partial charge on any atom is -0.481 e. The summed E-state index contributed by atoms with van der Waals surface area (Å²) in [6.07, 6.45) is 27.1. The van der Waals surface area contributed by atoms with Crippen LogP contribution in [-0.2, 0) is 19.1 Å². The average Bonchev–Trinajstić information content (AvgIpc) is 2.90. The number of ether oxygens (including phenoxy) is 1. The van der Waals surface area contributed by atoms with Gasteiger partial charge in [-0.2, -0.15) is 0 Å². The Morgan fingerprint density at radius 1 is 0.579 bits per heavy atom. The number of carbonyl (C=O) groups excluding carboxylic acids is 2. The molecule has 0 aliphatic rings. The molecule has 0 aromatic carbocycles. The minimum absolute atomic E-state index is 0.0659. The predicted molar refractivity (Wildman–Crippen MR) is 157 cm³/mol. The van der Waals surface area contributed by atoms with Crippen LogP contribution in [0.3, 0.4) is 0 Å². The van der Waals surface area contributed by atoms with Gasteiger partial charge in [-0.1, -0.05) is 142 Å². The summed E-state index contributed by atoms with van der Waals surface area (Å²) in [5.41, 5.74) is 0. The van der Waals surface area contributed by atoms with Gasteiger partial charge >= 0.3 is 11.9 Å². The highest BCUT2D eigenvalue weighted by molar-refractivity contribution is 5.84. The molecule has 0 rings (SSSR count). The summed E-state index contributed by atoms with van der Waals surface area (Å²) in [5, 5.41) is 11.7. The van der Waals surface area contributed by atoms with Crippen molar-refractivity contribution in [1.29, 1.82) is 0 Å². The standard InChI is InChI=1S/C32H61NO5/c1-3-5-7-9-11-13-15-16-18-20-22-24-28-38-32(37)29(26-27-31(35)36)33-30(34)25-23-21-19-17-14-12-10-8-6-4-2/h29H,3-28H2,1-2H3,(H,33,34)(H,35,36)/t29-/m0/s1. The molecule has 0 saturated carbocycles. The molecule has 0 fully saturated rings. The smallest absolute Gasteiger partial charge is 0.328 e. The van der Waals surface area contributed by atoms with Crippen molar-refractivity contribution < 1.29 is 24.2 Å². The number of carbonyl (C=O) groups is 3. The first-order chi connectivity index (χ1) is 18.5. The van der Waals surface area contributed by atoms with Gasteiger partial charge in [-0.15, -0.1) is 0 Å². The van der Waals surface area contributed by atoms with E-state index in [1.54, 1.807) is 0 Å². The third-order valence-corrected chi connectivity index (χ3v) is 7.27. The Hall–Kier alpha value is -1.59. The molecule has 0 radical (unpaired) electrons. The van der Waals surface area contributed by atoms with Crippen molar-refractivity contribution in [1.82, 2.24) is 5.32 Å². The molecule has 1 amide bonds. The molecule has 38 heavy (non-hydrogen) atoms. The Morgan fingerprint density at radius 2 is 0.974 bits per heavy atom. The summed E-state index contributed by atoms with van der Waals surface area (Å²) in [5.74, 6) is -1.68. The lowest BCUT2D eigenvalue weighted by atomic mass is 10.1. The van der Waals surface area contributed by atoms with Crippen LogP contribution in [0.4, 0.5) is 0 Å². The minimum atomic E-state index is -0.979. The maximum Gasteiger partial charge on any atom is 0.328 e. The zero-order valence-electron chi connectivity index (χ0n) is 25.0. The van der Waals surface area contributed by atoms with Gasteiger partial charge in [0.25, 0.3) is 0 Å². The van der Waals surface area contributed by atoms with Gasteiger partial charge in [0, 0.05) is 12.8 Å². The number of hydrogen-bond acceptors (Lipinski definition) is 4. The molecule has 2 N–H and O–H groups in total. The number of hydrogen-bond donors (Lipinski definition) is 2. The second kappa shape index (κ2) is 28.4. The Balaban J connectivity index is 3.92. The molecule has 0 aliphatic heterocycles. The van der Waals surface area contributed by atoms with E-state index in [-0.39, 0.29) is 18.7 Å². The Morgan fingerprint density at radius 3 is 1.39 bits per heavy atom. The molecule has 0 saturated heterocycles. The van der Waals surface area contributed by atoms with E-state index in [0.29, 0.717) is 13.0 Å². The Kier molecular flexibility index (Phi) is 27.2. The van der Waals surface area contributed by atoms with E-state index < -0.39 is 18.0 Å².